The van der Waals surface area contributed by atoms with Crippen LogP contribution in [0.25, 0.3) is 0 Å². The monoisotopic (exact) mass is 243 g/mol. The van der Waals surface area contributed by atoms with Crippen LogP contribution < -0.4 is 5.32 Å². The lowest BCUT2D eigenvalue weighted by Crippen LogP contribution is -2.13. The highest BCUT2D eigenvalue weighted by Gasteiger charge is 2.12. The number of nitrogens with one attached hydrogen (secondary N) is 1. The molecule has 1 atom stereocenters. The molecule has 0 bridgehead atoms. The maximum Gasteiger partial charge on any atom is 0.0654 e. The van der Waals surface area contributed by atoms with E-state index >= 15 is 0 Å². The third-order valence-corrected chi connectivity index (χ3v) is 3.40. The van der Waals surface area contributed by atoms with Crippen LogP contribution >= 0.6 is 0 Å². The van der Waals surface area contributed by atoms with Crippen molar-refractivity contribution in [3.8, 4) is 0 Å². The molecular weight excluding hydrogens is 222 g/mol. The topological polar surface area (TPSA) is 29.9 Å². The molecule has 3 nitrogen and oxygen atoms in total. The second-order valence-electron chi connectivity index (χ2n) is 4.71. The predicted octanol–water partition coefficient (Wildman–Crippen LogP) is 3.46. The highest BCUT2D eigenvalue weighted by molar-refractivity contribution is 5.58. The smallest absolute Gasteiger partial charge is 0.0654 e. The van der Waals surface area contributed by atoms with Gasteiger partial charge in [0, 0.05) is 18.9 Å². The SMILES string of the molecule is CCc1cccc(C)c1NC(C)c1ccnn1C. The average Bonchev–Trinajstić information content (AvgIpc) is 2.78. The molecule has 0 aliphatic heterocycles. The number of benzene rings is 1. The first-order valence-corrected chi connectivity index (χ1v) is 6.46. The Morgan fingerprint density at radius 2 is 2.11 bits per heavy atom. The summed E-state index contributed by atoms with van der Waals surface area (Å²) in [5.74, 6) is 0. The fraction of sp³-hybridized carbons (Fsp3) is 0.400. The number of nitrogens with zero attached hydrogens (tertiary/aromatic N) is 2. The lowest BCUT2D eigenvalue weighted by molar-refractivity contribution is 0.675. The van der Waals surface area contributed by atoms with Crippen molar-refractivity contribution in [2.24, 2.45) is 7.05 Å². The molecule has 0 saturated carbocycles. The zero-order valence-corrected chi connectivity index (χ0v) is 11.6. The van der Waals surface area contributed by atoms with E-state index in [4.69, 9.17) is 0 Å². The zero-order chi connectivity index (χ0) is 13.1. The zero-order valence-electron chi connectivity index (χ0n) is 11.6. The molecule has 0 radical (unpaired) electrons. The molecule has 1 unspecified atom stereocenters. The Bertz CT molecular complexity index is 528. The fourth-order valence-electron chi connectivity index (χ4n) is 2.33. The van der Waals surface area contributed by atoms with Crippen molar-refractivity contribution in [2.45, 2.75) is 33.2 Å². The number of anilines is 1. The Morgan fingerprint density at radius 1 is 1.33 bits per heavy atom. The van der Waals surface area contributed by atoms with Gasteiger partial charge < -0.3 is 5.32 Å². The lowest BCUT2D eigenvalue weighted by atomic mass is 10.0. The van der Waals surface area contributed by atoms with Gasteiger partial charge in [0.1, 0.15) is 0 Å². The largest absolute Gasteiger partial charge is 0.377 e. The van der Waals surface area contributed by atoms with Crippen molar-refractivity contribution in [3.63, 3.8) is 0 Å². The van der Waals surface area contributed by atoms with Gasteiger partial charge in [-0.2, -0.15) is 5.10 Å². The average molecular weight is 243 g/mol. The van der Waals surface area contributed by atoms with Crippen LogP contribution in [0.4, 0.5) is 5.69 Å². The van der Waals surface area contributed by atoms with Gasteiger partial charge in [-0.15, -0.1) is 0 Å². The first-order valence-electron chi connectivity index (χ1n) is 6.46. The number of rotatable bonds is 4. The summed E-state index contributed by atoms with van der Waals surface area (Å²) in [6, 6.07) is 8.77. The Kier molecular flexibility index (Phi) is 3.70. The molecule has 0 aliphatic carbocycles. The van der Waals surface area contributed by atoms with Gasteiger partial charge in [0.15, 0.2) is 0 Å². The third-order valence-electron chi connectivity index (χ3n) is 3.40. The van der Waals surface area contributed by atoms with E-state index in [0.717, 1.165) is 6.42 Å². The van der Waals surface area contributed by atoms with Gasteiger partial charge in [-0.05, 0) is 37.5 Å². The van der Waals surface area contributed by atoms with Crippen molar-refractivity contribution < 1.29 is 0 Å². The van der Waals surface area contributed by atoms with Crippen molar-refractivity contribution in [2.75, 3.05) is 5.32 Å². The molecule has 0 aliphatic rings. The Hall–Kier alpha value is -1.77. The van der Waals surface area contributed by atoms with Crippen molar-refractivity contribution in [3.05, 3.63) is 47.3 Å². The number of hydrogen-bond acceptors (Lipinski definition) is 2. The Labute approximate surface area is 109 Å². The minimum atomic E-state index is 0.254. The van der Waals surface area contributed by atoms with Crippen LogP contribution in [0.5, 0.6) is 0 Å². The van der Waals surface area contributed by atoms with Gasteiger partial charge in [0.05, 0.1) is 11.7 Å². The molecular formula is C15H21N3. The summed E-state index contributed by atoms with van der Waals surface area (Å²) in [5, 5.41) is 7.83. The lowest BCUT2D eigenvalue weighted by Gasteiger charge is -2.20. The molecule has 0 amide bonds. The van der Waals surface area contributed by atoms with E-state index in [-0.39, 0.29) is 6.04 Å². The maximum absolute atomic E-state index is 4.22. The predicted molar refractivity (Wildman–Crippen MR) is 75.8 cm³/mol. The first-order chi connectivity index (χ1) is 8.63. The van der Waals surface area contributed by atoms with Crippen molar-refractivity contribution in [1.82, 2.24) is 9.78 Å². The number of hydrogen-bond donors (Lipinski definition) is 1. The number of para-hydroxylation sites is 1. The quantitative estimate of drug-likeness (QED) is 0.891. The molecule has 0 spiro atoms. The van der Waals surface area contributed by atoms with Gasteiger partial charge >= 0.3 is 0 Å². The fourth-order valence-corrected chi connectivity index (χ4v) is 2.33. The minimum absolute atomic E-state index is 0.254. The molecule has 0 saturated heterocycles. The molecule has 1 aromatic heterocycles. The van der Waals surface area contributed by atoms with E-state index in [2.05, 4.69) is 55.5 Å². The van der Waals surface area contributed by atoms with E-state index in [0.29, 0.717) is 0 Å². The summed E-state index contributed by atoms with van der Waals surface area (Å²) in [5.41, 5.74) is 5.11. The van der Waals surface area contributed by atoms with Gasteiger partial charge in [-0.1, -0.05) is 25.1 Å². The summed E-state index contributed by atoms with van der Waals surface area (Å²) in [6.07, 6.45) is 2.88. The van der Waals surface area contributed by atoms with Gasteiger partial charge in [0.25, 0.3) is 0 Å². The van der Waals surface area contributed by atoms with E-state index in [1.807, 2.05) is 17.9 Å². The van der Waals surface area contributed by atoms with Crippen LogP contribution in [0, 0.1) is 6.92 Å². The molecule has 18 heavy (non-hydrogen) atoms. The van der Waals surface area contributed by atoms with Crippen LogP contribution in [0.1, 0.15) is 36.7 Å². The van der Waals surface area contributed by atoms with E-state index in [1.54, 1.807) is 0 Å². The molecule has 1 heterocycles. The molecule has 3 heteroatoms. The standard InChI is InChI=1S/C15H21N3/c1-5-13-8-6-7-11(2)15(13)17-12(3)14-9-10-16-18(14)4/h6-10,12,17H,5H2,1-4H3. The summed E-state index contributed by atoms with van der Waals surface area (Å²) >= 11 is 0. The summed E-state index contributed by atoms with van der Waals surface area (Å²) in [6.45, 7) is 6.51. The van der Waals surface area contributed by atoms with E-state index in [1.165, 1.54) is 22.5 Å². The summed E-state index contributed by atoms with van der Waals surface area (Å²) in [7, 11) is 1.98. The van der Waals surface area contributed by atoms with Crippen LogP contribution in [-0.4, -0.2) is 9.78 Å². The number of aromatic nitrogens is 2. The van der Waals surface area contributed by atoms with Gasteiger partial charge in [-0.25, -0.2) is 0 Å². The van der Waals surface area contributed by atoms with E-state index in [9.17, 15) is 0 Å². The molecule has 0 fully saturated rings. The molecule has 96 valence electrons. The maximum atomic E-state index is 4.22. The Morgan fingerprint density at radius 3 is 2.72 bits per heavy atom. The van der Waals surface area contributed by atoms with Gasteiger partial charge in [0.2, 0.25) is 0 Å². The van der Waals surface area contributed by atoms with E-state index < -0.39 is 0 Å². The van der Waals surface area contributed by atoms with Crippen LogP contribution in [0.2, 0.25) is 0 Å². The van der Waals surface area contributed by atoms with Crippen molar-refractivity contribution >= 4 is 5.69 Å². The van der Waals surface area contributed by atoms with Crippen LogP contribution in [0.15, 0.2) is 30.5 Å². The van der Waals surface area contributed by atoms with Gasteiger partial charge in [-0.3, -0.25) is 4.68 Å². The molecule has 2 rings (SSSR count). The minimum Gasteiger partial charge on any atom is -0.377 e. The molecule has 1 N–H and O–H groups in total. The van der Waals surface area contributed by atoms with Crippen LogP contribution in [-0.2, 0) is 13.5 Å². The number of aryl methyl sites for hydroxylation is 3. The second kappa shape index (κ2) is 5.25. The van der Waals surface area contributed by atoms with Crippen molar-refractivity contribution in [1.29, 1.82) is 0 Å². The normalized spacial score (nSPS) is 12.4. The second-order valence-corrected chi connectivity index (χ2v) is 4.71. The molecule has 1 aromatic carbocycles. The van der Waals surface area contributed by atoms with Crippen LogP contribution in [0.3, 0.4) is 0 Å². The highest BCUT2D eigenvalue weighted by Crippen LogP contribution is 2.25. The highest BCUT2D eigenvalue weighted by atomic mass is 15.3. The Balaban J connectivity index is 2.27. The summed E-state index contributed by atoms with van der Waals surface area (Å²) < 4.78 is 1.92. The summed E-state index contributed by atoms with van der Waals surface area (Å²) in [4.78, 5) is 0. The third kappa shape index (κ3) is 2.40. The first kappa shape index (κ1) is 12.7. The molecule has 2 aromatic rings.